The molecule has 3 aliphatic heterocycles. The molecule has 1 spiro atoms. The number of oxime groups is 1. The normalized spacial score (nSPS) is 24.9. The lowest BCUT2D eigenvalue weighted by molar-refractivity contribution is -0.114. The van der Waals surface area contributed by atoms with E-state index in [0.717, 1.165) is 51.3 Å². The molecule has 28 heavy (non-hydrogen) atoms. The molecule has 0 aromatic heterocycles. The molecule has 7 nitrogen and oxygen atoms in total. The van der Waals surface area contributed by atoms with E-state index in [0.29, 0.717) is 24.2 Å². The molecule has 0 unspecified atom stereocenters. The Morgan fingerprint density at radius 2 is 2.14 bits per heavy atom. The smallest absolute Gasteiger partial charge is 0.269 e. The van der Waals surface area contributed by atoms with Crippen LogP contribution in [-0.4, -0.2) is 66.3 Å². The van der Waals surface area contributed by atoms with Crippen LogP contribution in [0.25, 0.3) is 0 Å². The van der Waals surface area contributed by atoms with Gasteiger partial charge in [-0.25, -0.2) is 0 Å². The number of carbonyl (C=O) groups excluding carboxylic acids is 1. The van der Waals surface area contributed by atoms with E-state index in [1.807, 2.05) is 24.3 Å². The predicted octanol–water partition coefficient (Wildman–Crippen LogP) is 1.49. The first-order valence-corrected chi connectivity index (χ1v) is 10.1. The summed E-state index contributed by atoms with van der Waals surface area (Å²) in [6.45, 7) is 6.26. The van der Waals surface area contributed by atoms with Crippen LogP contribution in [-0.2, 0) is 16.2 Å². The van der Waals surface area contributed by atoms with Crippen LogP contribution in [0.3, 0.4) is 0 Å². The number of nitriles is 1. The van der Waals surface area contributed by atoms with Crippen molar-refractivity contribution in [3.05, 3.63) is 35.4 Å². The lowest BCUT2D eigenvalue weighted by atomic mass is 9.96. The Hall–Kier alpha value is -2.43. The van der Waals surface area contributed by atoms with E-state index >= 15 is 0 Å². The van der Waals surface area contributed by atoms with Crippen molar-refractivity contribution in [1.29, 1.82) is 5.26 Å². The molecule has 3 aliphatic rings. The fraction of sp³-hybridized carbons (Fsp3) is 0.571. The van der Waals surface area contributed by atoms with Crippen LogP contribution < -0.4 is 5.32 Å². The molecule has 2 saturated heterocycles. The van der Waals surface area contributed by atoms with Gasteiger partial charge in [0.25, 0.3) is 5.91 Å². The average molecular weight is 381 g/mol. The van der Waals surface area contributed by atoms with Crippen LogP contribution >= 0.6 is 0 Å². The van der Waals surface area contributed by atoms with Crippen LogP contribution in [0.4, 0.5) is 0 Å². The molecular weight excluding hydrogens is 354 g/mol. The predicted molar refractivity (Wildman–Crippen MR) is 106 cm³/mol. The van der Waals surface area contributed by atoms with Gasteiger partial charge >= 0.3 is 0 Å². The molecule has 2 fully saturated rings. The molecule has 0 saturated carbocycles. The molecule has 148 valence electrons. The maximum Gasteiger partial charge on any atom is 0.269 e. The fourth-order valence-corrected chi connectivity index (χ4v) is 4.36. The SMILES string of the molecule is N#Cc1cccc(CN2CC[C@]3(CC(C(=O)NCCN4CCCC4)=NO3)C2)c1. The van der Waals surface area contributed by atoms with Crippen molar-refractivity contribution in [1.82, 2.24) is 15.1 Å². The van der Waals surface area contributed by atoms with Crippen LogP contribution in [0.1, 0.15) is 36.8 Å². The summed E-state index contributed by atoms with van der Waals surface area (Å²) in [6, 6.07) is 9.88. The minimum atomic E-state index is -0.380. The summed E-state index contributed by atoms with van der Waals surface area (Å²) in [7, 11) is 0. The molecule has 0 bridgehead atoms. The third-order valence-electron chi connectivity index (χ3n) is 5.87. The highest BCUT2D eigenvalue weighted by Gasteiger charge is 2.46. The number of rotatable bonds is 6. The number of benzene rings is 1. The summed E-state index contributed by atoms with van der Waals surface area (Å²) in [4.78, 5) is 22.9. The van der Waals surface area contributed by atoms with Gasteiger partial charge < -0.3 is 15.1 Å². The summed E-state index contributed by atoms with van der Waals surface area (Å²) in [6.07, 6.45) is 3.94. The number of amides is 1. The zero-order valence-electron chi connectivity index (χ0n) is 16.2. The minimum Gasteiger partial charge on any atom is -0.387 e. The summed E-state index contributed by atoms with van der Waals surface area (Å²) in [5.74, 6) is -0.101. The Kier molecular flexibility index (Phi) is 5.60. The molecule has 1 aromatic carbocycles. The molecule has 3 heterocycles. The third-order valence-corrected chi connectivity index (χ3v) is 5.87. The van der Waals surface area contributed by atoms with E-state index in [1.54, 1.807) is 0 Å². The van der Waals surface area contributed by atoms with Gasteiger partial charge in [0.2, 0.25) is 0 Å². The number of nitrogens with one attached hydrogen (secondary N) is 1. The molecule has 1 aromatic rings. The van der Waals surface area contributed by atoms with Crippen molar-refractivity contribution in [2.75, 3.05) is 39.3 Å². The van der Waals surface area contributed by atoms with Crippen LogP contribution in [0.15, 0.2) is 29.4 Å². The summed E-state index contributed by atoms with van der Waals surface area (Å²) < 4.78 is 0. The van der Waals surface area contributed by atoms with Crippen molar-refractivity contribution < 1.29 is 9.63 Å². The van der Waals surface area contributed by atoms with Crippen molar-refractivity contribution in [3.8, 4) is 6.07 Å². The maximum atomic E-state index is 12.4. The van der Waals surface area contributed by atoms with Gasteiger partial charge in [0.1, 0.15) is 5.71 Å². The van der Waals surface area contributed by atoms with Gasteiger partial charge in [-0.3, -0.25) is 9.69 Å². The number of likely N-dealkylation sites (tertiary alicyclic amines) is 2. The average Bonchev–Trinajstić information content (AvgIpc) is 3.45. The van der Waals surface area contributed by atoms with Crippen LogP contribution in [0.2, 0.25) is 0 Å². The second kappa shape index (κ2) is 8.29. The molecule has 1 amide bonds. The summed E-state index contributed by atoms with van der Waals surface area (Å²) in [5, 5.41) is 16.2. The van der Waals surface area contributed by atoms with Gasteiger partial charge in [-0.05, 0) is 43.6 Å². The molecule has 1 N–H and O–H groups in total. The highest BCUT2D eigenvalue weighted by atomic mass is 16.7. The third kappa shape index (κ3) is 4.34. The van der Waals surface area contributed by atoms with E-state index in [1.165, 1.54) is 12.8 Å². The molecule has 1 atom stereocenters. The standard InChI is InChI=1S/C21H27N5O2/c22-14-17-4-3-5-18(12-17)15-26-10-6-21(16-26)13-19(24-28-21)20(27)23-7-11-25-8-1-2-9-25/h3-5,12H,1-2,6-11,13,15-16H2,(H,23,27)/t21-/m0/s1. The molecule has 0 aliphatic carbocycles. The van der Waals surface area contributed by atoms with Crippen molar-refractivity contribution in [2.45, 2.75) is 37.8 Å². The largest absolute Gasteiger partial charge is 0.387 e. The van der Waals surface area contributed by atoms with Gasteiger partial charge in [-0.15, -0.1) is 0 Å². The van der Waals surface area contributed by atoms with Gasteiger partial charge in [0.05, 0.1) is 11.6 Å². The molecule has 0 radical (unpaired) electrons. The molecule has 4 rings (SSSR count). The van der Waals surface area contributed by atoms with Crippen molar-refractivity contribution in [3.63, 3.8) is 0 Å². The lowest BCUT2D eigenvalue weighted by Gasteiger charge is -2.21. The second-order valence-corrected chi connectivity index (χ2v) is 8.07. The first-order valence-electron chi connectivity index (χ1n) is 10.1. The quantitative estimate of drug-likeness (QED) is 0.808. The van der Waals surface area contributed by atoms with E-state index in [2.05, 4.69) is 26.3 Å². The van der Waals surface area contributed by atoms with Crippen LogP contribution in [0, 0.1) is 11.3 Å². The number of carbonyl (C=O) groups is 1. The van der Waals surface area contributed by atoms with Gasteiger partial charge in [-0.2, -0.15) is 5.26 Å². The van der Waals surface area contributed by atoms with Gasteiger partial charge in [0.15, 0.2) is 5.60 Å². The second-order valence-electron chi connectivity index (χ2n) is 8.07. The van der Waals surface area contributed by atoms with E-state index in [-0.39, 0.29) is 11.5 Å². The summed E-state index contributed by atoms with van der Waals surface area (Å²) in [5.41, 5.74) is 1.93. The Morgan fingerprint density at radius 3 is 2.96 bits per heavy atom. The highest BCUT2D eigenvalue weighted by molar-refractivity contribution is 6.39. The number of hydrogen-bond acceptors (Lipinski definition) is 6. The Labute approximate surface area is 165 Å². The zero-order chi connectivity index (χ0) is 19.4. The first kappa shape index (κ1) is 18.9. The minimum absolute atomic E-state index is 0.101. The molecule has 7 heteroatoms. The number of hydrogen-bond donors (Lipinski definition) is 1. The van der Waals surface area contributed by atoms with E-state index in [9.17, 15) is 4.79 Å². The Bertz CT molecular complexity index is 796. The van der Waals surface area contributed by atoms with Gasteiger partial charge in [-0.1, -0.05) is 17.3 Å². The van der Waals surface area contributed by atoms with E-state index < -0.39 is 0 Å². The topological polar surface area (TPSA) is 81.0 Å². The molecular formula is C21H27N5O2. The monoisotopic (exact) mass is 381 g/mol. The van der Waals surface area contributed by atoms with Gasteiger partial charge in [0, 0.05) is 45.6 Å². The highest BCUT2D eigenvalue weighted by Crippen LogP contribution is 2.34. The first-order chi connectivity index (χ1) is 13.7. The lowest BCUT2D eigenvalue weighted by Crippen LogP contribution is -2.39. The van der Waals surface area contributed by atoms with Crippen molar-refractivity contribution in [2.24, 2.45) is 5.16 Å². The fourth-order valence-electron chi connectivity index (χ4n) is 4.36. The Balaban J connectivity index is 1.24. The Morgan fingerprint density at radius 1 is 1.29 bits per heavy atom. The van der Waals surface area contributed by atoms with Crippen LogP contribution in [0.5, 0.6) is 0 Å². The summed E-state index contributed by atoms with van der Waals surface area (Å²) >= 11 is 0. The maximum absolute atomic E-state index is 12.4. The number of nitrogens with zero attached hydrogens (tertiary/aromatic N) is 4. The zero-order valence-corrected chi connectivity index (χ0v) is 16.2. The van der Waals surface area contributed by atoms with E-state index in [4.69, 9.17) is 10.1 Å². The van der Waals surface area contributed by atoms with Crippen molar-refractivity contribution >= 4 is 11.6 Å².